The molecule has 1 fully saturated rings. The molecule has 1 aliphatic rings. The van der Waals surface area contributed by atoms with Gasteiger partial charge < -0.3 is 9.47 Å². The van der Waals surface area contributed by atoms with Gasteiger partial charge >= 0.3 is 12.1 Å². The second kappa shape index (κ2) is 8.29. The monoisotopic (exact) mass is 387 g/mol. The Labute approximate surface area is 156 Å². The largest absolute Gasteiger partial charge is 0.459 e. The first kappa shape index (κ1) is 21.2. The summed E-state index contributed by atoms with van der Waals surface area (Å²) in [5.74, 6) is -0.370. The Bertz CT molecular complexity index is 675. The molecule has 0 amide bonds. The fraction of sp³-hybridized carbons (Fsp3) is 0.579. The lowest BCUT2D eigenvalue weighted by atomic mass is 9.87. The zero-order valence-electron chi connectivity index (χ0n) is 15.6. The predicted molar refractivity (Wildman–Crippen MR) is 92.4 cm³/mol. The summed E-state index contributed by atoms with van der Waals surface area (Å²) < 4.78 is 49.2. The van der Waals surface area contributed by atoms with Crippen LogP contribution >= 0.6 is 0 Å². The summed E-state index contributed by atoms with van der Waals surface area (Å²) in [5, 5.41) is 0. The van der Waals surface area contributed by atoms with Crippen LogP contribution in [0, 0.1) is 0 Å². The molecule has 150 valence electrons. The first-order chi connectivity index (χ1) is 12.5. The number of carbonyl (C=O) groups excluding carboxylic acids is 2. The van der Waals surface area contributed by atoms with E-state index in [2.05, 4.69) is 0 Å². The van der Waals surface area contributed by atoms with Crippen molar-refractivity contribution in [2.24, 2.45) is 0 Å². The van der Waals surface area contributed by atoms with Gasteiger partial charge in [-0.1, -0.05) is 0 Å². The van der Waals surface area contributed by atoms with E-state index in [9.17, 15) is 22.8 Å². The summed E-state index contributed by atoms with van der Waals surface area (Å²) in [4.78, 5) is 24.5. The SMILES string of the molecule is CC(C)(C)OC(=O)CN1CCC(c2cc(C(F)(F)F)ccc2OC=O)CC1. The van der Waals surface area contributed by atoms with E-state index in [0.717, 1.165) is 12.1 Å². The molecule has 0 spiro atoms. The maximum Gasteiger partial charge on any atom is 0.416 e. The molecule has 1 aromatic carbocycles. The second-order valence-corrected chi connectivity index (χ2v) is 7.60. The first-order valence-electron chi connectivity index (χ1n) is 8.75. The number of rotatable bonds is 5. The van der Waals surface area contributed by atoms with Crippen LogP contribution in [0.15, 0.2) is 18.2 Å². The van der Waals surface area contributed by atoms with Crippen LogP contribution in [-0.2, 0) is 20.5 Å². The smallest absolute Gasteiger partial charge is 0.416 e. The number of halogens is 3. The van der Waals surface area contributed by atoms with E-state index < -0.39 is 17.3 Å². The molecule has 8 heteroatoms. The first-order valence-corrected chi connectivity index (χ1v) is 8.75. The highest BCUT2D eigenvalue weighted by Crippen LogP contribution is 2.38. The lowest BCUT2D eigenvalue weighted by molar-refractivity contribution is -0.156. The topological polar surface area (TPSA) is 55.8 Å². The van der Waals surface area contributed by atoms with E-state index in [4.69, 9.17) is 9.47 Å². The number of nitrogens with zero attached hydrogens (tertiary/aromatic N) is 1. The van der Waals surface area contributed by atoms with Crippen LogP contribution in [0.4, 0.5) is 13.2 Å². The van der Waals surface area contributed by atoms with E-state index >= 15 is 0 Å². The Morgan fingerprint density at radius 1 is 1.22 bits per heavy atom. The van der Waals surface area contributed by atoms with Gasteiger partial charge in [0, 0.05) is 0 Å². The van der Waals surface area contributed by atoms with Gasteiger partial charge in [0.15, 0.2) is 0 Å². The third-order valence-electron chi connectivity index (χ3n) is 4.31. The van der Waals surface area contributed by atoms with Gasteiger partial charge in [0.2, 0.25) is 0 Å². The fourth-order valence-corrected chi connectivity index (χ4v) is 3.16. The summed E-state index contributed by atoms with van der Waals surface area (Å²) in [6.07, 6.45) is -3.36. The second-order valence-electron chi connectivity index (χ2n) is 7.60. The van der Waals surface area contributed by atoms with Crippen LogP contribution in [0.5, 0.6) is 5.75 Å². The number of piperidine rings is 1. The van der Waals surface area contributed by atoms with Gasteiger partial charge in [-0.15, -0.1) is 0 Å². The van der Waals surface area contributed by atoms with E-state index in [0.29, 0.717) is 31.5 Å². The number of benzene rings is 1. The van der Waals surface area contributed by atoms with Crippen molar-refractivity contribution in [2.45, 2.75) is 51.3 Å². The van der Waals surface area contributed by atoms with Crippen molar-refractivity contribution in [3.63, 3.8) is 0 Å². The number of esters is 1. The summed E-state index contributed by atoms with van der Waals surface area (Å²) in [7, 11) is 0. The minimum Gasteiger partial charge on any atom is -0.459 e. The summed E-state index contributed by atoms with van der Waals surface area (Å²) >= 11 is 0. The Morgan fingerprint density at radius 2 is 1.85 bits per heavy atom. The zero-order valence-corrected chi connectivity index (χ0v) is 15.6. The van der Waals surface area contributed by atoms with E-state index in [1.807, 2.05) is 4.90 Å². The molecular weight excluding hydrogens is 363 g/mol. The molecule has 0 unspecified atom stereocenters. The standard InChI is InChI=1S/C19H24F3NO4/c1-18(2,3)27-17(25)11-23-8-6-13(7-9-23)15-10-14(19(20,21)22)4-5-16(15)26-12-24/h4-5,10,12-13H,6-9,11H2,1-3H3. The van der Waals surface area contributed by atoms with Crippen molar-refractivity contribution in [2.75, 3.05) is 19.6 Å². The summed E-state index contributed by atoms with van der Waals surface area (Å²) in [6, 6.07) is 3.13. The number of ether oxygens (including phenoxy) is 2. The lowest BCUT2D eigenvalue weighted by Gasteiger charge is -2.32. The molecule has 0 aromatic heterocycles. The van der Waals surface area contributed by atoms with Crippen LogP contribution in [-0.4, -0.2) is 42.6 Å². The molecule has 0 radical (unpaired) electrons. The Hall–Kier alpha value is -2.09. The molecule has 0 bridgehead atoms. The number of alkyl halides is 3. The Kier molecular flexibility index (Phi) is 6.51. The average Bonchev–Trinajstić information content (AvgIpc) is 2.53. The van der Waals surface area contributed by atoms with Crippen molar-refractivity contribution in [3.8, 4) is 5.75 Å². The zero-order chi connectivity index (χ0) is 20.2. The van der Waals surface area contributed by atoms with Crippen molar-refractivity contribution in [3.05, 3.63) is 29.3 Å². The number of hydrogen-bond acceptors (Lipinski definition) is 5. The van der Waals surface area contributed by atoms with Crippen molar-refractivity contribution < 1.29 is 32.2 Å². The van der Waals surface area contributed by atoms with Crippen molar-refractivity contribution in [1.29, 1.82) is 0 Å². The quantitative estimate of drug-likeness (QED) is 0.569. The fourth-order valence-electron chi connectivity index (χ4n) is 3.16. The molecule has 27 heavy (non-hydrogen) atoms. The number of hydrogen-bond donors (Lipinski definition) is 0. The molecule has 1 saturated heterocycles. The minimum absolute atomic E-state index is 0.142. The van der Waals surface area contributed by atoms with Crippen molar-refractivity contribution >= 4 is 12.4 Å². The molecule has 0 aliphatic carbocycles. The maximum atomic E-state index is 13.0. The molecule has 0 N–H and O–H groups in total. The summed E-state index contributed by atoms with van der Waals surface area (Å²) in [6.45, 7) is 6.81. The van der Waals surface area contributed by atoms with Gasteiger partial charge in [0.1, 0.15) is 11.4 Å². The number of likely N-dealkylation sites (tertiary alicyclic amines) is 1. The predicted octanol–water partition coefficient (Wildman–Crippen LogP) is 3.76. The normalized spacial score (nSPS) is 16.8. The Balaban J connectivity index is 2.06. The molecule has 2 rings (SSSR count). The van der Waals surface area contributed by atoms with Crippen LogP contribution in [0.25, 0.3) is 0 Å². The lowest BCUT2D eigenvalue weighted by Crippen LogP contribution is -2.39. The third kappa shape index (κ3) is 6.23. The molecular formula is C19H24F3NO4. The molecule has 0 atom stereocenters. The van der Waals surface area contributed by atoms with Gasteiger partial charge in [0.25, 0.3) is 6.47 Å². The van der Waals surface area contributed by atoms with Gasteiger partial charge in [-0.2, -0.15) is 13.2 Å². The van der Waals surface area contributed by atoms with Crippen LogP contribution < -0.4 is 4.74 Å². The molecule has 1 aliphatic heterocycles. The molecule has 1 heterocycles. The minimum atomic E-state index is -4.47. The Morgan fingerprint density at radius 3 is 2.37 bits per heavy atom. The highest BCUT2D eigenvalue weighted by atomic mass is 19.4. The van der Waals surface area contributed by atoms with Crippen LogP contribution in [0.3, 0.4) is 0 Å². The maximum absolute atomic E-state index is 13.0. The average molecular weight is 387 g/mol. The van der Waals surface area contributed by atoms with Gasteiger partial charge in [-0.05, 0) is 76.4 Å². The van der Waals surface area contributed by atoms with Crippen LogP contribution in [0.1, 0.15) is 50.7 Å². The summed E-state index contributed by atoms with van der Waals surface area (Å²) in [5.41, 5.74) is -0.963. The van der Waals surface area contributed by atoms with Crippen molar-refractivity contribution in [1.82, 2.24) is 4.90 Å². The molecule has 5 nitrogen and oxygen atoms in total. The van der Waals surface area contributed by atoms with Gasteiger partial charge in [-0.25, -0.2) is 0 Å². The molecule has 1 aromatic rings. The third-order valence-corrected chi connectivity index (χ3v) is 4.31. The van der Waals surface area contributed by atoms with E-state index in [-0.39, 0.29) is 30.7 Å². The van der Waals surface area contributed by atoms with Gasteiger partial charge in [0.05, 0.1) is 12.1 Å². The van der Waals surface area contributed by atoms with E-state index in [1.54, 1.807) is 20.8 Å². The number of carbonyl (C=O) groups is 2. The highest BCUT2D eigenvalue weighted by Gasteiger charge is 2.33. The highest BCUT2D eigenvalue weighted by molar-refractivity contribution is 5.72. The molecule has 0 saturated carbocycles. The van der Waals surface area contributed by atoms with Crippen LogP contribution in [0.2, 0.25) is 0 Å². The van der Waals surface area contributed by atoms with Gasteiger partial charge in [-0.3, -0.25) is 14.5 Å². The van der Waals surface area contributed by atoms with E-state index in [1.165, 1.54) is 6.07 Å².